The number of para-hydroxylation sites is 1. The third-order valence-electron chi connectivity index (χ3n) is 5.84. The van der Waals surface area contributed by atoms with Gasteiger partial charge in [0.05, 0.1) is 31.4 Å². The van der Waals surface area contributed by atoms with Crippen molar-refractivity contribution in [1.82, 2.24) is 19.7 Å². The van der Waals surface area contributed by atoms with Crippen LogP contribution >= 0.6 is 11.8 Å². The summed E-state index contributed by atoms with van der Waals surface area (Å²) in [4.78, 5) is 17.1. The van der Waals surface area contributed by atoms with Crippen molar-refractivity contribution in [3.8, 4) is 17.1 Å². The molecular weight excluding hydrogens is 490 g/mol. The average Bonchev–Trinajstić information content (AvgIpc) is 3.67. The molecule has 0 unspecified atom stereocenters. The number of amides is 1. The Kier molecular flexibility index (Phi) is 6.07. The smallest absolute Gasteiger partial charge is 0.234 e. The fraction of sp³-hybridized carbons (Fsp3) is 0.111. The Labute approximate surface area is 215 Å². The number of hydrogen-bond donors (Lipinski definition) is 1. The Morgan fingerprint density at radius 2 is 1.97 bits per heavy atom. The maximum Gasteiger partial charge on any atom is 0.234 e. The average molecular weight is 512 g/mol. The molecule has 9 nitrogen and oxygen atoms in total. The minimum Gasteiger partial charge on any atom is -0.495 e. The second kappa shape index (κ2) is 9.82. The molecule has 4 aromatic heterocycles. The molecule has 0 saturated carbocycles. The maximum atomic E-state index is 13.0. The highest BCUT2D eigenvalue weighted by Gasteiger charge is 2.19. The van der Waals surface area contributed by atoms with Crippen LogP contribution in [0.25, 0.3) is 33.3 Å². The van der Waals surface area contributed by atoms with Crippen LogP contribution in [-0.2, 0) is 11.3 Å². The molecule has 1 amide bonds. The van der Waals surface area contributed by atoms with E-state index in [0.717, 1.165) is 27.7 Å². The topological polar surface area (TPSA) is 108 Å². The third kappa shape index (κ3) is 4.54. The molecule has 0 atom stereocenters. The predicted molar refractivity (Wildman–Crippen MR) is 141 cm³/mol. The van der Waals surface area contributed by atoms with Gasteiger partial charge in [-0.15, -0.1) is 10.2 Å². The fourth-order valence-electron chi connectivity index (χ4n) is 4.14. The lowest BCUT2D eigenvalue weighted by molar-refractivity contribution is -0.113. The monoisotopic (exact) mass is 511 g/mol. The SMILES string of the molecule is COc1cc2c(cc1NC(=O)CSc1nnc(-c3cccnc3)n1Cc1ccco1)oc1ccccc12. The molecular formula is C27H21N5O4S. The van der Waals surface area contributed by atoms with Gasteiger partial charge in [-0.3, -0.25) is 14.3 Å². The quantitative estimate of drug-likeness (QED) is 0.262. The van der Waals surface area contributed by atoms with Gasteiger partial charge in [-0.05, 0) is 36.4 Å². The van der Waals surface area contributed by atoms with Gasteiger partial charge in [-0.25, -0.2) is 0 Å². The molecule has 37 heavy (non-hydrogen) atoms. The van der Waals surface area contributed by atoms with Gasteiger partial charge in [0.2, 0.25) is 5.91 Å². The zero-order chi connectivity index (χ0) is 25.2. The first kappa shape index (κ1) is 22.9. The Bertz CT molecular complexity index is 1690. The number of furan rings is 2. The molecule has 1 N–H and O–H groups in total. The van der Waals surface area contributed by atoms with E-state index < -0.39 is 0 Å². The molecule has 4 heterocycles. The van der Waals surface area contributed by atoms with Crippen molar-refractivity contribution in [1.29, 1.82) is 0 Å². The van der Waals surface area contributed by atoms with Crippen LogP contribution in [0.15, 0.2) is 93.3 Å². The van der Waals surface area contributed by atoms with Crippen molar-refractivity contribution in [3.63, 3.8) is 0 Å². The van der Waals surface area contributed by atoms with Gasteiger partial charge >= 0.3 is 0 Å². The molecule has 6 rings (SSSR count). The molecule has 0 spiro atoms. The Morgan fingerprint density at radius 1 is 1.05 bits per heavy atom. The first-order chi connectivity index (χ1) is 18.2. The van der Waals surface area contributed by atoms with Gasteiger partial charge in [0.25, 0.3) is 0 Å². The highest BCUT2D eigenvalue weighted by atomic mass is 32.2. The number of thioether (sulfide) groups is 1. The molecule has 0 aliphatic carbocycles. The van der Waals surface area contributed by atoms with E-state index >= 15 is 0 Å². The number of methoxy groups -OCH3 is 1. The van der Waals surface area contributed by atoms with Crippen LogP contribution in [0, 0.1) is 0 Å². The summed E-state index contributed by atoms with van der Waals surface area (Å²) in [5.74, 6) is 1.85. The van der Waals surface area contributed by atoms with Crippen LogP contribution in [0.3, 0.4) is 0 Å². The number of hydrogen-bond acceptors (Lipinski definition) is 8. The van der Waals surface area contributed by atoms with E-state index in [0.29, 0.717) is 34.5 Å². The Balaban J connectivity index is 1.23. The summed E-state index contributed by atoms with van der Waals surface area (Å²) >= 11 is 1.28. The zero-order valence-corrected chi connectivity index (χ0v) is 20.6. The summed E-state index contributed by atoms with van der Waals surface area (Å²) in [5, 5.41) is 14.1. The molecule has 0 saturated heterocycles. The van der Waals surface area contributed by atoms with E-state index in [1.54, 1.807) is 31.8 Å². The number of ether oxygens (including phenoxy) is 1. The number of anilines is 1. The summed E-state index contributed by atoms with van der Waals surface area (Å²) in [5.41, 5.74) is 2.80. The lowest BCUT2D eigenvalue weighted by atomic mass is 10.1. The number of nitrogens with zero attached hydrogens (tertiary/aromatic N) is 4. The molecule has 0 bridgehead atoms. The number of rotatable bonds is 8. The first-order valence-electron chi connectivity index (χ1n) is 11.5. The minimum absolute atomic E-state index is 0.116. The van der Waals surface area contributed by atoms with Gasteiger partial charge in [-0.2, -0.15) is 0 Å². The third-order valence-corrected chi connectivity index (χ3v) is 6.80. The van der Waals surface area contributed by atoms with Crippen molar-refractivity contribution in [2.45, 2.75) is 11.7 Å². The molecule has 184 valence electrons. The number of benzene rings is 2. The molecule has 10 heteroatoms. The van der Waals surface area contributed by atoms with Crippen LogP contribution < -0.4 is 10.1 Å². The fourth-order valence-corrected chi connectivity index (χ4v) is 4.88. The van der Waals surface area contributed by atoms with Crippen molar-refractivity contribution < 1.29 is 18.4 Å². The summed E-state index contributed by atoms with van der Waals surface area (Å²) < 4.78 is 19.0. The van der Waals surface area contributed by atoms with Gasteiger partial charge in [-0.1, -0.05) is 30.0 Å². The Morgan fingerprint density at radius 3 is 2.78 bits per heavy atom. The van der Waals surface area contributed by atoms with Gasteiger partial charge in [0.1, 0.15) is 22.7 Å². The van der Waals surface area contributed by atoms with E-state index in [1.165, 1.54) is 11.8 Å². The number of carbonyl (C=O) groups excluding carboxylic acids is 1. The lowest BCUT2D eigenvalue weighted by Gasteiger charge is -2.11. The van der Waals surface area contributed by atoms with E-state index in [2.05, 4.69) is 20.5 Å². The largest absolute Gasteiger partial charge is 0.495 e. The molecule has 6 aromatic rings. The summed E-state index contributed by atoms with van der Waals surface area (Å²) in [7, 11) is 1.57. The van der Waals surface area contributed by atoms with Crippen molar-refractivity contribution in [2.75, 3.05) is 18.2 Å². The van der Waals surface area contributed by atoms with Crippen LogP contribution in [0.4, 0.5) is 5.69 Å². The van der Waals surface area contributed by atoms with Gasteiger partial charge in [0.15, 0.2) is 11.0 Å². The van der Waals surface area contributed by atoms with Crippen molar-refractivity contribution in [3.05, 3.63) is 85.1 Å². The number of fused-ring (bicyclic) bond motifs is 3. The van der Waals surface area contributed by atoms with Crippen LogP contribution in [0.2, 0.25) is 0 Å². The minimum atomic E-state index is -0.214. The lowest BCUT2D eigenvalue weighted by Crippen LogP contribution is -2.15. The van der Waals surface area contributed by atoms with E-state index in [1.807, 2.05) is 59.2 Å². The molecule has 0 radical (unpaired) electrons. The predicted octanol–water partition coefficient (Wildman–Crippen LogP) is 5.62. The summed E-state index contributed by atoms with van der Waals surface area (Å²) in [6, 6.07) is 18.9. The first-order valence-corrected chi connectivity index (χ1v) is 12.5. The van der Waals surface area contributed by atoms with Gasteiger partial charge < -0.3 is 18.9 Å². The number of carbonyl (C=O) groups is 1. The highest BCUT2D eigenvalue weighted by molar-refractivity contribution is 7.99. The number of pyridine rings is 1. The molecule has 2 aromatic carbocycles. The number of aromatic nitrogens is 4. The van der Waals surface area contributed by atoms with Crippen molar-refractivity contribution >= 4 is 45.3 Å². The van der Waals surface area contributed by atoms with Crippen LogP contribution in [-0.4, -0.2) is 38.5 Å². The van der Waals surface area contributed by atoms with Crippen LogP contribution in [0.1, 0.15) is 5.76 Å². The zero-order valence-electron chi connectivity index (χ0n) is 19.7. The highest BCUT2D eigenvalue weighted by Crippen LogP contribution is 2.36. The normalized spacial score (nSPS) is 11.3. The van der Waals surface area contributed by atoms with E-state index in [4.69, 9.17) is 13.6 Å². The van der Waals surface area contributed by atoms with Crippen LogP contribution in [0.5, 0.6) is 5.75 Å². The Hall–Kier alpha value is -4.57. The molecule has 0 aliphatic heterocycles. The number of nitrogens with one attached hydrogen (secondary N) is 1. The molecule has 0 fully saturated rings. The standard InChI is InChI=1S/C27H21N5O4S/c1-34-24-12-20-19-8-2-3-9-22(19)36-23(20)13-21(24)29-25(33)16-37-27-31-30-26(17-6-4-10-28-14-17)32(27)15-18-7-5-11-35-18/h2-14H,15-16H2,1H3,(H,29,33). The second-order valence-electron chi connectivity index (χ2n) is 8.20. The second-order valence-corrected chi connectivity index (χ2v) is 9.14. The van der Waals surface area contributed by atoms with Gasteiger partial charge in [0, 0.05) is 34.8 Å². The van der Waals surface area contributed by atoms with E-state index in [9.17, 15) is 4.79 Å². The van der Waals surface area contributed by atoms with E-state index in [-0.39, 0.29) is 11.7 Å². The summed E-state index contributed by atoms with van der Waals surface area (Å²) in [6.07, 6.45) is 5.05. The molecule has 0 aliphatic rings. The maximum absolute atomic E-state index is 13.0. The van der Waals surface area contributed by atoms with Crippen molar-refractivity contribution in [2.24, 2.45) is 0 Å². The summed E-state index contributed by atoms with van der Waals surface area (Å²) in [6.45, 7) is 0.421.